The summed E-state index contributed by atoms with van der Waals surface area (Å²) in [6, 6.07) is 3.37. The molecule has 1 nitrogen and oxygen atoms in total. The van der Waals surface area contributed by atoms with E-state index >= 15 is 0 Å². The van der Waals surface area contributed by atoms with E-state index in [-0.39, 0.29) is 17.8 Å². The third-order valence-electron chi connectivity index (χ3n) is 5.55. The second-order valence-corrected chi connectivity index (χ2v) is 8.69. The van der Waals surface area contributed by atoms with E-state index in [2.05, 4.69) is 0 Å². The molecule has 30 heavy (non-hydrogen) atoms. The molecule has 0 radical (unpaired) electrons. The molecule has 0 heterocycles. The number of carbonyl (C=O) groups is 1. The maximum absolute atomic E-state index is 13.5. The summed E-state index contributed by atoms with van der Waals surface area (Å²) in [5.74, 6) is -0.827. The molecule has 1 aromatic carbocycles. The van der Waals surface area contributed by atoms with Gasteiger partial charge in [0.05, 0.1) is 0 Å². The average Bonchev–Trinajstić information content (AvgIpc) is 2.70. The minimum atomic E-state index is -0.724. The van der Waals surface area contributed by atoms with Crippen LogP contribution < -0.4 is 0 Å². The van der Waals surface area contributed by atoms with Crippen molar-refractivity contribution in [3.63, 3.8) is 0 Å². The van der Waals surface area contributed by atoms with Crippen molar-refractivity contribution in [2.45, 2.75) is 109 Å². The molecule has 1 unspecified atom stereocenters. The second kappa shape index (κ2) is 17.6. The van der Waals surface area contributed by atoms with Crippen molar-refractivity contribution in [3.8, 4) is 0 Å². The van der Waals surface area contributed by atoms with Gasteiger partial charge in [0.25, 0.3) is 0 Å². The number of carbonyl (C=O) groups excluding carboxylic acids is 1. The molecular weight excluding hydrogens is 409 g/mol. The highest BCUT2D eigenvalue weighted by Gasteiger charge is 2.09. The lowest BCUT2D eigenvalue weighted by molar-refractivity contribution is -0.118. The summed E-state index contributed by atoms with van der Waals surface area (Å²) >= 11 is 5.53. The molecule has 0 N–H and O–H groups in total. The Kier molecular flexibility index (Phi) is 15.9. The van der Waals surface area contributed by atoms with Gasteiger partial charge < -0.3 is 0 Å². The van der Waals surface area contributed by atoms with Gasteiger partial charge in [-0.1, -0.05) is 76.7 Å². The van der Waals surface area contributed by atoms with Crippen LogP contribution in [0, 0.1) is 11.6 Å². The molecule has 0 aliphatic carbocycles. The Hall–Kier alpha value is -1.03. The first kappa shape index (κ1) is 27.0. The van der Waals surface area contributed by atoms with E-state index < -0.39 is 17.8 Å². The van der Waals surface area contributed by atoms with Crippen LogP contribution in [0.5, 0.6) is 0 Å². The van der Waals surface area contributed by atoms with Crippen molar-refractivity contribution >= 4 is 17.4 Å². The quantitative estimate of drug-likeness (QED) is 0.154. The third kappa shape index (κ3) is 14.1. The highest BCUT2D eigenvalue weighted by atomic mass is 35.5. The number of hydrogen-bond donors (Lipinski definition) is 0. The molecule has 0 aliphatic heterocycles. The zero-order chi connectivity index (χ0) is 22.0. The van der Waals surface area contributed by atoms with Crippen LogP contribution in [-0.4, -0.2) is 17.8 Å². The summed E-state index contributed by atoms with van der Waals surface area (Å²) in [4.78, 5) is 11.9. The topological polar surface area (TPSA) is 17.1 Å². The molecule has 0 bridgehead atoms. The molecule has 1 aromatic rings. The molecule has 0 saturated heterocycles. The molecule has 0 aliphatic rings. The Morgan fingerprint density at radius 1 is 0.800 bits per heavy atom. The highest BCUT2D eigenvalue weighted by molar-refractivity contribution is 6.17. The van der Waals surface area contributed by atoms with Crippen molar-refractivity contribution in [2.75, 3.05) is 5.88 Å². The average molecular weight is 447 g/mol. The number of unbranched alkanes of at least 4 members (excludes halogenated alkanes) is 11. The zero-order valence-electron chi connectivity index (χ0n) is 18.3. The minimum absolute atomic E-state index is 0.0154. The molecule has 172 valence electrons. The Morgan fingerprint density at radius 3 is 1.87 bits per heavy atom. The smallest absolute Gasteiger partial charge is 0.137 e. The molecule has 5 heteroatoms. The third-order valence-corrected chi connectivity index (χ3v) is 5.77. The van der Waals surface area contributed by atoms with Crippen molar-refractivity contribution < 1.29 is 18.0 Å². The number of halogens is 4. The zero-order valence-corrected chi connectivity index (χ0v) is 19.0. The van der Waals surface area contributed by atoms with E-state index in [4.69, 9.17) is 11.6 Å². The van der Waals surface area contributed by atoms with E-state index in [1.165, 1.54) is 57.1 Å². The van der Waals surface area contributed by atoms with Gasteiger partial charge in [0, 0.05) is 24.8 Å². The fraction of sp³-hybridized carbons (Fsp3) is 0.720. The number of hydrogen-bond acceptors (Lipinski definition) is 1. The lowest BCUT2D eigenvalue weighted by Crippen LogP contribution is -2.04. The molecule has 0 amide bonds. The number of ketones is 1. The summed E-state index contributed by atoms with van der Waals surface area (Å²) in [5.41, 5.74) is 0.277. The van der Waals surface area contributed by atoms with Crippen LogP contribution in [0.1, 0.15) is 102 Å². The van der Waals surface area contributed by atoms with Crippen molar-refractivity contribution in [1.82, 2.24) is 0 Å². The summed E-state index contributed by atoms with van der Waals surface area (Å²) in [7, 11) is 0. The normalized spacial score (nSPS) is 12.3. The predicted octanol–water partition coefficient (Wildman–Crippen LogP) is 8.50. The highest BCUT2D eigenvalue weighted by Crippen LogP contribution is 2.16. The summed E-state index contributed by atoms with van der Waals surface area (Å²) < 4.78 is 39.7. The lowest BCUT2D eigenvalue weighted by Gasteiger charge is -2.06. The largest absolute Gasteiger partial charge is 0.299 e. The van der Waals surface area contributed by atoms with Gasteiger partial charge in [0.15, 0.2) is 0 Å². The fourth-order valence-electron chi connectivity index (χ4n) is 3.68. The van der Waals surface area contributed by atoms with Crippen molar-refractivity contribution in [2.24, 2.45) is 0 Å². The van der Waals surface area contributed by atoms with Crippen LogP contribution in [0.15, 0.2) is 18.2 Å². The summed E-state index contributed by atoms with van der Waals surface area (Å²) in [5, 5.41) is 0. The van der Waals surface area contributed by atoms with Gasteiger partial charge in [0.1, 0.15) is 23.6 Å². The SMILES string of the molecule is O=C(CCCCCCCCCCCCCCC(F)CCCl)Cc1ccc(F)cc1F. The van der Waals surface area contributed by atoms with Crippen LogP contribution in [-0.2, 0) is 11.2 Å². The molecule has 1 atom stereocenters. The van der Waals surface area contributed by atoms with Gasteiger partial charge in [-0.05, 0) is 30.9 Å². The first-order chi connectivity index (χ1) is 14.5. The van der Waals surface area contributed by atoms with E-state index in [1.54, 1.807) is 0 Å². The van der Waals surface area contributed by atoms with Gasteiger partial charge in [-0.2, -0.15) is 0 Å². The van der Waals surface area contributed by atoms with E-state index in [0.29, 0.717) is 25.1 Å². The molecule has 0 fully saturated rings. The first-order valence-corrected chi connectivity index (χ1v) is 12.2. The summed E-state index contributed by atoms with van der Waals surface area (Å²) in [6.45, 7) is 0. The summed E-state index contributed by atoms with van der Waals surface area (Å²) in [6.07, 6.45) is 14.7. The van der Waals surface area contributed by atoms with Gasteiger partial charge >= 0.3 is 0 Å². The molecule has 0 aromatic heterocycles. The van der Waals surface area contributed by atoms with Crippen LogP contribution in [0.25, 0.3) is 0 Å². The standard InChI is InChI=1S/C25H38ClF3O/c26-18-17-22(27)13-11-9-7-5-3-1-2-4-6-8-10-12-14-24(30)19-21-15-16-23(28)20-25(21)29/h15-16,20,22H,1-14,17-19H2. The Labute approximate surface area is 185 Å². The Morgan fingerprint density at radius 2 is 1.33 bits per heavy atom. The fourth-order valence-corrected chi connectivity index (χ4v) is 3.92. The van der Waals surface area contributed by atoms with Gasteiger partial charge in [0.2, 0.25) is 0 Å². The van der Waals surface area contributed by atoms with Gasteiger partial charge in [-0.25, -0.2) is 13.2 Å². The maximum atomic E-state index is 13.5. The van der Waals surface area contributed by atoms with Crippen LogP contribution >= 0.6 is 11.6 Å². The molecule has 1 rings (SSSR count). The molecule has 0 saturated carbocycles. The van der Waals surface area contributed by atoms with Crippen LogP contribution in [0.2, 0.25) is 0 Å². The number of rotatable bonds is 19. The van der Waals surface area contributed by atoms with Crippen LogP contribution in [0.3, 0.4) is 0 Å². The van der Waals surface area contributed by atoms with E-state index in [9.17, 15) is 18.0 Å². The number of Topliss-reactive ketones (excluding diaryl/α,β-unsaturated/α-hetero) is 1. The van der Waals surface area contributed by atoms with E-state index in [1.807, 2.05) is 0 Å². The minimum Gasteiger partial charge on any atom is -0.299 e. The lowest BCUT2D eigenvalue weighted by atomic mass is 10.0. The number of alkyl halides is 2. The monoisotopic (exact) mass is 446 g/mol. The van der Waals surface area contributed by atoms with Gasteiger partial charge in [-0.3, -0.25) is 4.79 Å². The molecule has 0 spiro atoms. The molecular formula is C25H38ClF3O. The first-order valence-electron chi connectivity index (χ1n) is 11.7. The second-order valence-electron chi connectivity index (χ2n) is 8.31. The Balaban J connectivity index is 1.86. The van der Waals surface area contributed by atoms with Crippen molar-refractivity contribution in [1.29, 1.82) is 0 Å². The van der Waals surface area contributed by atoms with E-state index in [0.717, 1.165) is 38.2 Å². The van der Waals surface area contributed by atoms with Crippen molar-refractivity contribution in [3.05, 3.63) is 35.4 Å². The Bertz CT molecular complexity index is 580. The van der Waals surface area contributed by atoms with Crippen LogP contribution in [0.4, 0.5) is 13.2 Å². The van der Waals surface area contributed by atoms with Gasteiger partial charge in [-0.15, -0.1) is 11.6 Å². The number of benzene rings is 1. The maximum Gasteiger partial charge on any atom is 0.137 e. The predicted molar refractivity (Wildman–Crippen MR) is 120 cm³/mol.